The zero-order valence-corrected chi connectivity index (χ0v) is 9.20. The van der Waals surface area contributed by atoms with E-state index in [1.165, 1.54) is 0 Å². The zero-order chi connectivity index (χ0) is 11.4. The van der Waals surface area contributed by atoms with E-state index in [1.807, 2.05) is 31.2 Å². The Morgan fingerprint density at radius 3 is 2.62 bits per heavy atom. The molecule has 3 heteroatoms. The summed E-state index contributed by atoms with van der Waals surface area (Å²) in [7, 11) is 0. The first-order valence-corrected chi connectivity index (χ1v) is 5.22. The van der Waals surface area contributed by atoms with Crippen molar-refractivity contribution in [3.8, 4) is 12.3 Å². The van der Waals surface area contributed by atoms with Crippen LogP contribution in [0.1, 0.15) is 12.1 Å². The molecule has 0 saturated heterocycles. The van der Waals surface area contributed by atoms with Crippen LogP contribution < -0.4 is 5.32 Å². The number of aromatic nitrogens is 2. The molecule has 1 aromatic carbocycles. The molecule has 0 spiro atoms. The van der Waals surface area contributed by atoms with Crippen LogP contribution in [0.5, 0.6) is 0 Å². The lowest BCUT2D eigenvalue weighted by atomic mass is 10.3. The zero-order valence-electron chi connectivity index (χ0n) is 9.20. The third kappa shape index (κ3) is 2.12. The first-order valence-electron chi connectivity index (χ1n) is 5.22. The predicted molar refractivity (Wildman–Crippen MR) is 66.2 cm³/mol. The fourth-order valence-electron chi connectivity index (χ4n) is 1.51. The van der Waals surface area contributed by atoms with E-state index < -0.39 is 0 Å². The molecule has 16 heavy (non-hydrogen) atoms. The molecule has 0 fully saturated rings. The Kier molecular flexibility index (Phi) is 3.02. The average molecular weight is 211 g/mol. The SMILES string of the molecule is C#CCCNc1nc2ccccc2nc1C. The molecule has 0 saturated carbocycles. The molecule has 2 rings (SSSR count). The first-order chi connectivity index (χ1) is 7.81. The second-order valence-corrected chi connectivity index (χ2v) is 3.53. The minimum absolute atomic E-state index is 0.688. The Morgan fingerprint density at radius 1 is 1.25 bits per heavy atom. The number of aryl methyl sites for hydroxylation is 1. The van der Waals surface area contributed by atoms with Crippen molar-refractivity contribution in [3.63, 3.8) is 0 Å². The normalized spacial score (nSPS) is 10.0. The van der Waals surface area contributed by atoms with Crippen LogP contribution in [0.2, 0.25) is 0 Å². The number of para-hydroxylation sites is 2. The van der Waals surface area contributed by atoms with E-state index in [0.717, 1.165) is 29.1 Å². The van der Waals surface area contributed by atoms with E-state index in [0.29, 0.717) is 6.42 Å². The minimum Gasteiger partial charge on any atom is -0.368 e. The second-order valence-electron chi connectivity index (χ2n) is 3.53. The predicted octanol–water partition coefficient (Wildman–Crippen LogP) is 2.37. The molecule has 0 bridgehead atoms. The van der Waals surface area contributed by atoms with Gasteiger partial charge in [0.05, 0.1) is 16.7 Å². The van der Waals surface area contributed by atoms with Gasteiger partial charge in [-0.2, -0.15) is 0 Å². The maximum Gasteiger partial charge on any atom is 0.148 e. The molecule has 1 N–H and O–H groups in total. The van der Waals surface area contributed by atoms with Gasteiger partial charge in [-0.15, -0.1) is 12.3 Å². The molecule has 3 nitrogen and oxygen atoms in total. The topological polar surface area (TPSA) is 37.8 Å². The quantitative estimate of drug-likeness (QED) is 0.625. The van der Waals surface area contributed by atoms with Crippen LogP contribution >= 0.6 is 0 Å². The van der Waals surface area contributed by atoms with Gasteiger partial charge >= 0.3 is 0 Å². The molecular weight excluding hydrogens is 198 g/mol. The summed E-state index contributed by atoms with van der Waals surface area (Å²) in [5.41, 5.74) is 2.72. The van der Waals surface area contributed by atoms with Gasteiger partial charge in [0.15, 0.2) is 0 Å². The van der Waals surface area contributed by atoms with Gasteiger partial charge in [0.1, 0.15) is 5.82 Å². The van der Waals surface area contributed by atoms with Crippen molar-refractivity contribution in [1.29, 1.82) is 0 Å². The highest BCUT2D eigenvalue weighted by Crippen LogP contribution is 2.15. The third-order valence-electron chi connectivity index (χ3n) is 2.31. The highest BCUT2D eigenvalue weighted by molar-refractivity contribution is 5.76. The Morgan fingerprint density at radius 2 is 1.94 bits per heavy atom. The van der Waals surface area contributed by atoms with Crippen LogP contribution in [-0.4, -0.2) is 16.5 Å². The van der Waals surface area contributed by atoms with Gasteiger partial charge in [0.25, 0.3) is 0 Å². The number of nitrogens with one attached hydrogen (secondary N) is 1. The molecule has 0 aliphatic heterocycles. The molecule has 0 radical (unpaired) electrons. The number of anilines is 1. The number of hydrogen-bond donors (Lipinski definition) is 1. The smallest absolute Gasteiger partial charge is 0.148 e. The molecule has 0 amide bonds. The maximum atomic E-state index is 5.20. The van der Waals surface area contributed by atoms with Crippen LogP contribution in [0.4, 0.5) is 5.82 Å². The molecule has 2 aromatic rings. The Hall–Kier alpha value is -2.08. The average Bonchev–Trinajstić information content (AvgIpc) is 2.30. The second kappa shape index (κ2) is 4.63. The van der Waals surface area contributed by atoms with Gasteiger partial charge in [-0.05, 0) is 19.1 Å². The lowest BCUT2D eigenvalue weighted by Crippen LogP contribution is -2.05. The monoisotopic (exact) mass is 211 g/mol. The van der Waals surface area contributed by atoms with Crippen molar-refractivity contribution >= 4 is 16.9 Å². The summed E-state index contributed by atoms with van der Waals surface area (Å²) in [6.07, 6.45) is 5.88. The van der Waals surface area contributed by atoms with Crippen molar-refractivity contribution in [2.24, 2.45) is 0 Å². The molecular formula is C13H13N3. The summed E-state index contributed by atoms with van der Waals surface area (Å²) in [6.45, 7) is 2.67. The first kappa shape index (κ1) is 10.4. The number of fused-ring (bicyclic) bond motifs is 1. The van der Waals surface area contributed by atoms with E-state index in [9.17, 15) is 0 Å². The minimum atomic E-state index is 0.688. The molecule has 1 aromatic heterocycles. The fraction of sp³-hybridized carbons (Fsp3) is 0.231. The van der Waals surface area contributed by atoms with Gasteiger partial charge in [0.2, 0.25) is 0 Å². The number of nitrogens with zero attached hydrogens (tertiary/aromatic N) is 2. The highest BCUT2D eigenvalue weighted by atomic mass is 15.0. The Labute approximate surface area is 94.9 Å². The van der Waals surface area contributed by atoms with Gasteiger partial charge in [-0.1, -0.05) is 12.1 Å². The fourth-order valence-corrected chi connectivity index (χ4v) is 1.51. The summed E-state index contributed by atoms with van der Waals surface area (Å²) in [5.74, 6) is 3.40. The summed E-state index contributed by atoms with van der Waals surface area (Å²) >= 11 is 0. The van der Waals surface area contributed by atoms with Gasteiger partial charge in [-0.3, -0.25) is 0 Å². The van der Waals surface area contributed by atoms with Crippen molar-refractivity contribution in [2.75, 3.05) is 11.9 Å². The summed E-state index contributed by atoms with van der Waals surface area (Å²) in [4.78, 5) is 8.98. The third-order valence-corrected chi connectivity index (χ3v) is 2.31. The lowest BCUT2D eigenvalue weighted by molar-refractivity contribution is 1.05. The molecule has 0 aliphatic carbocycles. The lowest BCUT2D eigenvalue weighted by Gasteiger charge is -2.07. The summed E-state index contributed by atoms with van der Waals surface area (Å²) in [5, 5.41) is 3.19. The van der Waals surface area contributed by atoms with Crippen molar-refractivity contribution in [2.45, 2.75) is 13.3 Å². The van der Waals surface area contributed by atoms with Crippen molar-refractivity contribution in [3.05, 3.63) is 30.0 Å². The van der Waals surface area contributed by atoms with Crippen LogP contribution in [0.25, 0.3) is 11.0 Å². The van der Waals surface area contributed by atoms with Crippen LogP contribution in [0.3, 0.4) is 0 Å². The van der Waals surface area contributed by atoms with E-state index in [-0.39, 0.29) is 0 Å². The van der Waals surface area contributed by atoms with E-state index in [1.54, 1.807) is 0 Å². The number of benzene rings is 1. The van der Waals surface area contributed by atoms with E-state index >= 15 is 0 Å². The molecule has 1 heterocycles. The van der Waals surface area contributed by atoms with Gasteiger partial charge in [0, 0.05) is 13.0 Å². The largest absolute Gasteiger partial charge is 0.368 e. The van der Waals surface area contributed by atoms with Crippen LogP contribution in [0.15, 0.2) is 24.3 Å². The maximum absolute atomic E-state index is 5.20. The standard InChI is InChI=1S/C13H13N3/c1-3-4-9-14-13-10(2)15-11-7-5-6-8-12(11)16-13/h1,5-8H,4,9H2,2H3,(H,14,16). The molecule has 0 unspecified atom stereocenters. The highest BCUT2D eigenvalue weighted by Gasteiger charge is 2.03. The van der Waals surface area contributed by atoms with Gasteiger partial charge in [-0.25, -0.2) is 9.97 Å². The Bertz CT molecular complexity index is 540. The van der Waals surface area contributed by atoms with Crippen molar-refractivity contribution in [1.82, 2.24) is 9.97 Å². The van der Waals surface area contributed by atoms with Crippen LogP contribution in [0, 0.1) is 19.3 Å². The van der Waals surface area contributed by atoms with E-state index in [2.05, 4.69) is 21.2 Å². The molecule has 80 valence electrons. The number of rotatable bonds is 3. The number of terminal acetylenes is 1. The number of hydrogen-bond acceptors (Lipinski definition) is 3. The summed E-state index contributed by atoms with van der Waals surface area (Å²) in [6, 6.07) is 7.83. The van der Waals surface area contributed by atoms with E-state index in [4.69, 9.17) is 6.42 Å². The van der Waals surface area contributed by atoms with Crippen molar-refractivity contribution < 1.29 is 0 Å². The molecule has 0 atom stereocenters. The molecule has 0 aliphatic rings. The Balaban J connectivity index is 2.32. The summed E-state index contributed by atoms with van der Waals surface area (Å²) < 4.78 is 0. The van der Waals surface area contributed by atoms with Gasteiger partial charge < -0.3 is 5.32 Å². The van der Waals surface area contributed by atoms with Crippen LogP contribution in [-0.2, 0) is 0 Å².